The Morgan fingerprint density at radius 3 is 2.60 bits per heavy atom. The van der Waals surface area contributed by atoms with Gasteiger partial charge in [-0.3, -0.25) is 14.9 Å². The van der Waals surface area contributed by atoms with E-state index in [4.69, 9.17) is 5.73 Å². The van der Waals surface area contributed by atoms with E-state index in [0.717, 1.165) is 11.3 Å². The van der Waals surface area contributed by atoms with Crippen molar-refractivity contribution in [1.29, 1.82) is 0 Å². The van der Waals surface area contributed by atoms with E-state index in [9.17, 15) is 14.9 Å². The van der Waals surface area contributed by atoms with Gasteiger partial charge in [0.05, 0.1) is 10.5 Å². The summed E-state index contributed by atoms with van der Waals surface area (Å²) in [5.74, 6) is 0.158. The molecule has 0 bridgehead atoms. The molecular weight excluding hydrogens is 302 g/mol. The maximum absolute atomic E-state index is 12.0. The largest absolute Gasteiger partial charge is 0.342 e. The zero-order valence-corrected chi connectivity index (χ0v) is 13.4. The van der Waals surface area contributed by atoms with Gasteiger partial charge in [0.25, 0.3) is 5.91 Å². The molecule has 1 aromatic rings. The first-order chi connectivity index (χ1) is 8.82. The van der Waals surface area contributed by atoms with E-state index < -0.39 is 4.92 Å². The SMILES string of the molecule is CC(C)C(N)CCN(C)C(=O)c1csc([N+](=O)[O-])c1.Cl. The van der Waals surface area contributed by atoms with Gasteiger partial charge in [-0.15, -0.1) is 12.4 Å². The summed E-state index contributed by atoms with van der Waals surface area (Å²) in [6, 6.07) is 1.36. The van der Waals surface area contributed by atoms with Crippen molar-refractivity contribution >= 4 is 34.7 Å². The van der Waals surface area contributed by atoms with Crippen LogP contribution in [0.3, 0.4) is 0 Å². The Hall–Kier alpha value is -1.18. The summed E-state index contributed by atoms with van der Waals surface area (Å²) in [4.78, 5) is 23.7. The number of nitro groups is 1. The van der Waals surface area contributed by atoms with Gasteiger partial charge in [-0.2, -0.15) is 0 Å². The average molecular weight is 322 g/mol. The molecule has 0 aliphatic carbocycles. The van der Waals surface area contributed by atoms with Crippen molar-refractivity contribution in [1.82, 2.24) is 4.90 Å². The molecule has 1 amide bonds. The summed E-state index contributed by atoms with van der Waals surface area (Å²) in [5, 5.41) is 12.1. The molecule has 114 valence electrons. The molecule has 0 saturated carbocycles. The third kappa shape index (κ3) is 5.07. The highest BCUT2D eigenvalue weighted by molar-refractivity contribution is 7.13. The van der Waals surface area contributed by atoms with Crippen LogP contribution >= 0.6 is 23.7 Å². The van der Waals surface area contributed by atoms with E-state index in [2.05, 4.69) is 0 Å². The lowest BCUT2D eigenvalue weighted by atomic mass is 10.0. The van der Waals surface area contributed by atoms with Gasteiger partial charge in [0.1, 0.15) is 0 Å². The van der Waals surface area contributed by atoms with Gasteiger partial charge in [0.15, 0.2) is 0 Å². The highest BCUT2D eigenvalue weighted by Crippen LogP contribution is 2.23. The average Bonchev–Trinajstić information content (AvgIpc) is 2.83. The van der Waals surface area contributed by atoms with Crippen LogP contribution in [0.2, 0.25) is 0 Å². The smallest absolute Gasteiger partial charge is 0.324 e. The molecule has 0 spiro atoms. The predicted molar refractivity (Wildman–Crippen MR) is 82.6 cm³/mol. The van der Waals surface area contributed by atoms with Crippen LogP contribution in [0.1, 0.15) is 30.6 Å². The lowest BCUT2D eigenvalue weighted by Gasteiger charge is -2.21. The molecule has 8 heteroatoms. The summed E-state index contributed by atoms with van der Waals surface area (Å²) in [7, 11) is 1.68. The van der Waals surface area contributed by atoms with E-state index in [0.29, 0.717) is 24.4 Å². The van der Waals surface area contributed by atoms with Crippen molar-refractivity contribution in [3.63, 3.8) is 0 Å². The molecule has 6 nitrogen and oxygen atoms in total. The van der Waals surface area contributed by atoms with E-state index in [1.54, 1.807) is 11.9 Å². The molecule has 2 N–H and O–H groups in total. The van der Waals surface area contributed by atoms with E-state index in [1.165, 1.54) is 11.4 Å². The maximum atomic E-state index is 12.0. The van der Waals surface area contributed by atoms with Gasteiger partial charge in [-0.05, 0) is 12.3 Å². The maximum Gasteiger partial charge on any atom is 0.324 e. The highest BCUT2D eigenvalue weighted by atomic mass is 35.5. The second kappa shape index (κ2) is 8.18. The number of carbonyl (C=O) groups is 1. The third-order valence-corrected chi connectivity index (χ3v) is 3.89. The zero-order chi connectivity index (χ0) is 14.6. The molecule has 1 heterocycles. The van der Waals surface area contributed by atoms with E-state index in [-0.39, 0.29) is 29.4 Å². The fourth-order valence-electron chi connectivity index (χ4n) is 1.53. The van der Waals surface area contributed by atoms with Crippen molar-refractivity contribution in [2.75, 3.05) is 13.6 Å². The number of rotatable bonds is 6. The summed E-state index contributed by atoms with van der Waals surface area (Å²) >= 11 is 0.961. The minimum Gasteiger partial charge on any atom is -0.342 e. The Labute approximate surface area is 128 Å². The number of amides is 1. The van der Waals surface area contributed by atoms with Crippen LogP contribution < -0.4 is 5.73 Å². The Morgan fingerprint density at radius 1 is 1.55 bits per heavy atom. The molecule has 1 aromatic heterocycles. The van der Waals surface area contributed by atoms with Crippen LogP contribution in [0.25, 0.3) is 0 Å². The van der Waals surface area contributed by atoms with Gasteiger partial charge < -0.3 is 10.6 Å². The van der Waals surface area contributed by atoms with Crippen LogP contribution in [0.15, 0.2) is 11.4 Å². The Balaban J connectivity index is 0.00000361. The fourth-order valence-corrected chi connectivity index (χ4v) is 2.23. The molecule has 0 fully saturated rings. The van der Waals surface area contributed by atoms with E-state index >= 15 is 0 Å². The van der Waals surface area contributed by atoms with Gasteiger partial charge in [-0.25, -0.2) is 0 Å². The monoisotopic (exact) mass is 321 g/mol. The van der Waals surface area contributed by atoms with Gasteiger partial charge >= 0.3 is 5.00 Å². The van der Waals surface area contributed by atoms with Crippen LogP contribution in [0.5, 0.6) is 0 Å². The van der Waals surface area contributed by atoms with Crippen LogP contribution in [0, 0.1) is 16.0 Å². The molecule has 1 rings (SSSR count). The van der Waals surface area contributed by atoms with Crippen molar-refractivity contribution in [2.24, 2.45) is 11.7 Å². The second-order valence-corrected chi connectivity index (χ2v) is 5.74. The molecule has 0 aromatic carbocycles. The Morgan fingerprint density at radius 2 is 2.15 bits per heavy atom. The van der Waals surface area contributed by atoms with Crippen molar-refractivity contribution in [3.05, 3.63) is 27.1 Å². The van der Waals surface area contributed by atoms with Crippen LogP contribution in [-0.4, -0.2) is 35.4 Å². The zero-order valence-electron chi connectivity index (χ0n) is 11.7. The first-order valence-corrected chi connectivity index (χ1v) is 6.95. The molecule has 0 aliphatic heterocycles. The van der Waals surface area contributed by atoms with Gasteiger partial charge in [-0.1, -0.05) is 25.2 Å². The van der Waals surface area contributed by atoms with Crippen LogP contribution in [0.4, 0.5) is 5.00 Å². The third-order valence-electron chi connectivity index (χ3n) is 3.01. The number of thiophene rings is 1. The summed E-state index contributed by atoms with van der Waals surface area (Å²) < 4.78 is 0. The molecule has 0 saturated heterocycles. The quantitative estimate of drug-likeness (QED) is 0.644. The van der Waals surface area contributed by atoms with Gasteiger partial charge in [0.2, 0.25) is 0 Å². The first kappa shape index (κ1) is 18.8. The number of carbonyl (C=O) groups excluding carboxylic acids is 1. The minimum absolute atomic E-state index is 0. The standard InChI is InChI=1S/C12H19N3O3S.ClH/c1-8(2)10(13)4-5-14(3)12(16)9-6-11(15(17)18)19-7-9;/h6-8,10H,4-5,13H2,1-3H3;1H. The number of hydrogen-bond acceptors (Lipinski definition) is 5. The second-order valence-electron chi connectivity index (χ2n) is 4.85. The lowest BCUT2D eigenvalue weighted by molar-refractivity contribution is -0.380. The molecular formula is C12H20ClN3O3S. The Kier molecular flexibility index (Phi) is 7.70. The highest BCUT2D eigenvalue weighted by Gasteiger charge is 2.18. The van der Waals surface area contributed by atoms with Crippen molar-refractivity contribution < 1.29 is 9.72 Å². The number of nitrogens with two attached hydrogens (primary N) is 1. The van der Waals surface area contributed by atoms with Crippen molar-refractivity contribution in [2.45, 2.75) is 26.3 Å². The molecule has 0 radical (unpaired) electrons. The molecule has 1 atom stereocenters. The lowest BCUT2D eigenvalue weighted by Crippen LogP contribution is -2.34. The fraction of sp³-hybridized carbons (Fsp3) is 0.583. The van der Waals surface area contributed by atoms with Crippen molar-refractivity contribution in [3.8, 4) is 0 Å². The summed E-state index contributed by atoms with van der Waals surface area (Å²) in [6.45, 7) is 4.62. The van der Waals surface area contributed by atoms with Crippen LogP contribution in [-0.2, 0) is 0 Å². The first-order valence-electron chi connectivity index (χ1n) is 6.07. The number of hydrogen-bond donors (Lipinski definition) is 1. The predicted octanol–water partition coefficient (Wildman–Crippen LogP) is 2.52. The number of nitrogens with zero attached hydrogens (tertiary/aromatic N) is 2. The van der Waals surface area contributed by atoms with E-state index in [1.807, 2.05) is 13.8 Å². The molecule has 0 aliphatic rings. The summed E-state index contributed by atoms with van der Waals surface area (Å²) in [6.07, 6.45) is 0.714. The van der Waals surface area contributed by atoms with Gasteiger partial charge in [0, 0.05) is 31.1 Å². The normalized spacial score (nSPS) is 11.8. The minimum atomic E-state index is -0.490. The molecule has 20 heavy (non-hydrogen) atoms. The Bertz CT molecular complexity index is 465. The topological polar surface area (TPSA) is 89.5 Å². The summed E-state index contributed by atoms with van der Waals surface area (Å²) in [5.41, 5.74) is 6.28. The number of halogens is 1. The molecule has 1 unspecified atom stereocenters.